The lowest BCUT2D eigenvalue weighted by molar-refractivity contribution is -0.198. The number of nitrogens with one attached hydrogen (secondary N) is 1. The fraction of sp³-hybridized carbons (Fsp3) is 0.370. The van der Waals surface area contributed by atoms with E-state index in [4.69, 9.17) is 22.1 Å². The first-order chi connectivity index (χ1) is 18.5. The lowest BCUT2D eigenvalue weighted by Gasteiger charge is -2.39. The van der Waals surface area contributed by atoms with Crippen molar-refractivity contribution in [1.82, 2.24) is 15.3 Å². The summed E-state index contributed by atoms with van der Waals surface area (Å²) in [6.45, 7) is 1.72. The second-order valence-corrected chi connectivity index (χ2v) is 10.5. The maximum Gasteiger partial charge on any atom is 0.429 e. The van der Waals surface area contributed by atoms with Gasteiger partial charge >= 0.3 is 12.1 Å². The van der Waals surface area contributed by atoms with Crippen molar-refractivity contribution in [3.05, 3.63) is 65.2 Å². The standard InChI is InChI=1S/C27H27ClF3N5O3/c28-19-7-5-17(6-8-19)16-1-3-18(4-2-16)23(27(29,30)31)39-22-13-21(34-25(32)35-22)36-11-9-26(10-12-36)14-20(24(37)38)33-15-26/h1-8,13,20,23,33H,9-12,14-15H2,(H,37,38)(H2,32,34,35)/t20?,23-/m1/s1. The normalized spacial score (nSPS) is 19.7. The van der Waals surface area contributed by atoms with Gasteiger partial charge in [0.2, 0.25) is 17.9 Å². The molecule has 12 heteroatoms. The fourth-order valence-corrected chi connectivity index (χ4v) is 5.40. The number of benzene rings is 2. The molecule has 0 saturated carbocycles. The number of piperidine rings is 1. The van der Waals surface area contributed by atoms with Crippen molar-refractivity contribution in [1.29, 1.82) is 0 Å². The smallest absolute Gasteiger partial charge is 0.429 e. The Morgan fingerprint density at radius 2 is 1.72 bits per heavy atom. The van der Waals surface area contributed by atoms with Crippen molar-refractivity contribution < 1.29 is 27.8 Å². The molecule has 2 aliphatic rings. The number of nitrogens with zero attached hydrogens (tertiary/aromatic N) is 3. The molecule has 4 N–H and O–H groups in total. The number of carboxylic acid groups (broad SMARTS) is 1. The molecular formula is C27H27ClF3N5O3. The third kappa shape index (κ3) is 6.04. The number of hydrogen-bond donors (Lipinski definition) is 3. The second-order valence-electron chi connectivity index (χ2n) is 10.1. The predicted octanol–water partition coefficient (Wildman–Crippen LogP) is 5.09. The Morgan fingerprint density at radius 3 is 2.28 bits per heavy atom. The van der Waals surface area contributed by atoms with Crippen molar-refractivity contribution in [3.8, 4) is 17.0 Å². The Morgan fingerprint density at radius 1 is 1.10 bits per heavy atom. The number of aliphatic carboxylic acids is 1. The molecule has 8 nitrogen and oxygen atoms in total. The highest BCUT2D eigenvalue weighted by Gasteiger charge is 2.45. The van der Waals surface area contributed by atoms with Crippen molar-refractivity contribution in [2.24, 2.45) is 5.41 Å². The maximum absolute atomic E-state index is 14.1. The molecule has 0 bridgehead atoms. The average Bonchev–Trinajstić information content (AvgIpc) is 3.31. The zero-order valence-electron chi connectivity index (χ0n) is 20.8. The van der Waals surface area contributed by atoms with Crippen LogP contribution in [0.15, 0.2) is 54.6 Å². The first-order valence-corrected chi connectivity index (χ1v) is 12.8. The van der Waals surface area contributed by atoms with Crippen LogP contribution < -0.4 is 20.7 Å². The van der Waals surface area contributed by atoms with E-state index in [1.807, 2.05) is 4.90 Å². The quantitative estimate of drug-likeness (QED) is 0.381. The van der Waals surface area contributed by atoms with Crippen molar-refractivity contribution in [2.75, 3.05) is 30.3 Å². The Balaban J connectivity index is 1.32. The molecule has 5 rings (SSSR count). The van der Waals surface area contributed by atoms with Crippen LogP contribution in [0.2, 0.25) is 5.02 Å². The third-order valence-corrected chi connectivity index (χ3v) is 7.69. The first-order valence-electron chi connectivity index (χ1n) is 12.5. The van der Waals surface area contributed by atoms with Crippen LogP contribution in [-0.2, 0) is 4.79 Å². The monoisotopic (exact) mass is 561 g/mol. The average molecular weight is 562 g/mol. The summed E-state index contributed by atoms with van der Waals surface area (Å²) < 4.78 is 47.7. The van der Waals surface area contributed by atoms with Gasteiger partial charge in [0.05, 0.1) is 0 Å². The second kappa shape index (κ2) is 10.5. The fourth-order valence-electron chi connectivity index (χ4n) is 5.27. The number of carboxylic acids is 1. The van der Waals surface area contributed by atoms with Crippen LogP contribution in [0.25, 0.3) is 11.1 Å². The molecule has 39 heavy (non-hydrogen) atoms. The largest absolute Gasteiger partial charge is 0.480 e. The summed E-state index contributed by atoms with van der Waals surface area (Å²) in [5, 5.41) is 12.9. The van der Waals surface area contributed by atoms with Crippen molar-refractivity contribution in [2.45, 2.75) is 37.6 Å². The van der Waals surface area contributed by atoms with Crippen LogP contribution in [0.3, 0.4) is 0 Å². The number of nitrogens with two attached hydrogens (primary N) is 1. The number of rotatable bonds is 6. The number of alkyl halides is 3. The number of carbonyl (C=O) groups is 1. The molecule has 1 unspecified atom stereocenters. The minimum atomic E-state index is -4.71. The highest BCUT2D eigenvalue weighted by molar-refractivity contribution is 6.30. The summed E-state index contributed by atoms with van der Waals surface area (Å²) in [6.07, 6.45) is -5.00. The summed E-state index contributed by atoms with van der Waals surface area (Å²) >= 11 is 5.92. The van der Waals surface area contributed by atoms with E-state index in [-0.39, 0.29) is 22.8 Å². The molecular weight excluding hydrogens is 535 g/mol. The summed E-state index contributed by atoms with van der Waals surface area (Å²) in [5.41, 5.74) is 7.20. The molecule has 3 aromatic rings. The molecule has 2 saturated heterocycles. The third-order valence-electron chi connectivity index (χ3n) is 7.44. The molecule has 1 spiro atoms. The highest BCUT2D eigenvalue weighted by Crippen LogP contribution is 2.41. The Labute approximate surface area is 228 Å². The minimum Gasteiger partial charge on any atom is -0.480 e. The van der Waals surface area contributed by atoms with Gasteiger partial charge in [-0.1, -0.05) is 48.0 Å². The van der Waals surface area contributed by atoms with Crippen LogP contribution in [0.1, 0.15) is 30.9 Å². The molecule has 0 aliphatic carbocycles. The van der Waals surface area contributed by atoms with Gasteiger partial charge in [-0.25, -0.2) is 0 Å². The van der Waals surface area contributed by atoms with Crippen LogP contribution in [0.4, 0.5) is 24.9 Å². The number of aromatic nitrogens is 2. The lowest BCUT2D eigenvalue weighted by Crippen LogP contribution is -2.41. The highest BCUT2D eigenvalue weighted by atomic mass is 35.5. The van der Waals surface area contributed by atoms with Gasteiger partial charge in [0.1, 0.15) is 11.9 Å². The number of anilines is 2. The van der Waals surface area contributed by atoms with E-state index >= 15 is 0 Å². The topological polar surface area (TPSA) is 114 Å². The van der Waals surface area contributed by atoms with Gasteiger partial charge in [-0.05, 0) is 47.9 Å². The number of nitrogen functional groups attached to an aromatic ring is 1. The lowest BCUT2D eigenvalue weighted by atomic mass is 9.76. The van der Waals surface area contributed by atoms with E-state index in [2.05, 4.69) is 15.3 Å². The Bertz CT molecular complexity index is 1330. The summed E-state index contributed by atoms with van der Waals surface area (Å²) in [5.74, 6) is -0.976. The zero-order chi connectivity index (χ0) is 27.8. The number of ether oxygens (including phenoxy) is 1. The van der Waals surface area contributed by atoms with E-state index in [1.165, 1.54) is 18.2 Å². The Kier molecular flexibility index (Phi) is 7.30. The van der Waals surface area contributed by atoms with Crippen LogP contribution in [0.5, 0.6) is 5.88 Å². The molecule has 206 valence electrons. The molecule has 2 atom stereocenters. The molecule has 0 radical (unpaired) electrons. The molecule has 3 heterocycles. The molecule has 2 aliphatic heterocycles. The van der Waals surface area contributed by atoms with E-state index < -0.39 is 24.3 Å². The SMILES string of the molecule is Nc1nc(O[C@H](c2ccc(-c3ccc(Cl)cc3)cc2)C(F)(F)F)cc(N2CCC3(CC2)CNC(C(=O)O)C3)n1. The first kappa shape index (κ1) is 27.0. The maximum atomic E-state index is 14.1. The van der Waals surface area contributed by atoms with Crippen LogP contribution >= 0.6 is 11.6 Å². The molecule has 0 amide bonds. The van der Waals surface area contributed by atoms with Gasteiger partial charge in [0, 0.05) is 36.3 Å². The number of hydrogen-bond acceptors (Lipinski definition) is 7. The summed E-state index contributed by atoms with van der Waals surface area (Å²) in [6, 6.07) is 13.7. The van der Waals surface area contributed by atoms with Gasteiger partial charge in [0.25, 0.3) is 0 Å². The van der Waals surface area contributed by atoms with Crippen molar-refractivity contribution >= 4 is 29.3 Å². The molecule has 1 aromatic heterocycles. The van der Waals surface area contributed by atoms with Crippen molar-refractivity contribution in [3.63, 3.8) is 0 Å². The van der Waals surface area contributed by atoms with Gasteiger partial charge < -0.3 is 25.8 Å². The van der Waals surface area contributed by atoms with E-state index in [9.17, 15) is 23.1 Å². The predicted molar refractivity (Wildman–Crippen MR) is 141 cm³/mol. The summed E-state index contributed by atoms with van der Waals surface area (Å²) in [7, 11) is 0. The van der Waals surface area contributed by atoms with Gasteiger partial charge in [-0.15, -0.1) is 0 Å². The van der Waals surface area contributed by atoms with Gasteiger partial charge in [-0.2, -0.15) is 23.1 Å². The van der Waals surface area contributed by atoms with E-state index in [0.29, 0.717) is 36.9 Å². The Hall–Kier alpha value is -3.57. The van der Waals surface area contributed by atoms with Crippen LogP contribution in [-0.4, -0.2) is 52.9 Å². The zero-order valence-corrected chi connectivity index (χ0v) is 21.5. The number of halogens is 4. The van der Waals surface area contributed by atoms with E-state index in [1.54, 1.807) is 36.4 Å². The van der Waals surface area contributed by atoms with E-state index in [0.717, 1.165) is 24.0 Å². The molecule has 2 aromatic carbocycles. The van der Waals surface area contributed by atoms with Gasteiger partial charge in [-0.3, -0.25) is 4.79 Å². The van der Waals surface area contributed by atoms with Gasteiger partial charge in [0.15, 0.2) is 0 Å². The minimum absolute atomic E-state index is 0.0828. The molecule has 2 fully saturated rings. The van der Waals surface area contributed by atoms with Crippen LogP contribution in [0, 0.1) is 5.41 Å². The summed E-state index contributed by atoms with van der Waals surface area (Å²) in [4.78, 5) is 21.4.